The van der Waals surface area contributed by atoms with Crippen LogP contribution in [-0.2, 0) is 19.6 Å². The summed E-state index contributed by atoms with van der Waals surface area (Å²) in [4.78, 5) is 32.5. The van der Waals surface area contributed by atoms with Gasteiger partial charge < -0.3 is 14.7 Å². The molecule has 38 heavy (non-hydrogen) atoms. The lowest BCUT2D eigenvalue weighted by Crippen LogP contribution is -2.55. The fourth-order valence-corrected chi connectivity index (χ4v) is 7.30. The van der Waals surface area contributed by atoms with Gasteiger partial charge in [0.15, 0.2) is 0 Å². The van der Waals surface area contributed by atoms with Gasteiger partial charge in [0, 0.05) is 30.7 Å². The van der Waals surface area contributed by atoms with Gasteiger partial charge in [0.1, 0.15) is 6.04 Å². The van der Waals surface area contributed by atoms with Crippen LogP contribution < -0.4 is 4.72 Å². The van der Waals surface area contributed by atoms with Gasteiger partial charge in [0.2, 0.25) is 21.8 Å². The zero-order valence-electron chi connectivity index (χ0n) is 21.5. The number of nitrogens with zero attached hydrogens (tertiary/aromatic N) is 3. The second-order valence-electron chi connectivity index (χ2n) is 10.5. The molecule has 204 valence electrons. The third-order valence-corrected chi connectivity index (χ3v) is 9.53. The van der Waals surface area contributed by atoms with Crippen LogP contribution in [0.25, 0.3) is 11.1 Å². The molecule has 2 aromatic rings. The van der Waals surface area contributed by atoms with Crippen LogP contribution in [0.5, 0.6) is 0 Å². The molecule has 8 nitrogen and oxygen atoms in total. The molecule has 2 amide bonds. The fourth-order valence-electron chi connectivity index (χ4n) is 5.84. The maximum absolute atomic E-state index is 13.3. The zero-order chi connectivity index (χ0) is 26.7. The van der Waals surface area contributed by atoms with Gasteiger partial charge >= 0.3 is 0 Å². The first kappa shape index (κ1) is 27.1. The summed E-state index contributed by atoms with van der Waals surface area (Å²) in [6, 6.07) is 13.1. The van der Waals surface area contributed by atoms with Crippen molar-refractivity contribution in [1.82, 2.24) is 19.4 Å². The molecule has 5 rings (SSSR count). The Balaban J connectivity index is 1.23. The highest BCUT2D eigenvalue weighted by Crippen LogP contribution is 2.26. The van der Waals surface area contributed by atoms with E-state index in [4.69, 9.17) is 11.6 Å². The maximum atomic E-state index is 13.3. The van der Waals surface area contributed by atoms with Crippen molar-refractivity contribution in [3.63, 3.8) is 0 Å². The highest BCUT2D eigenvalue weighted by molar-refractivity contribution is 7.89. The molecule has 0 radical (unpaired) electrons. The van der Waals surface area contributed by atoms with E-state index in [0.717, 1.165) is 44.6 Å². The minimum atomic E-state index is -3.95. The molecule has 10 heteroatoms. The van der Waals surface area contributed by atoms with E-state index in [2.05, 4.69) is 9.62 Å². The molecule has 0 aromatic heterocycles. The molecule has 1 N–H and O–H groups in total. The minimum Gasteiger partial charge on any atom is -0.337 e. The average molecular weight is 559 g/mol. The van der Waals surface area contributed by atoms with Crippen LogP contribution in [0.1, 0.15) is 38.5 Å². The largest absolute Gasteiger partial charge is 0.337 e. The maximum Gasteiger partial charge on any atom is 0.242 e. The first-order valence-corrected chi connectivity index (χ1v) is 15.4. The second-order valence-corrected chi connectivity index (χ2v) is 12.7. The Bertz CT molecular complexity index is 1280. The number of halogens is 1. The molecule has 3 aliphatic rings. The molecule has 3 heterocycles. The SMILES string of the molecule is O=C1[C@@H](NS(=O)(=O)c2cccc(-c3cccc(Cl)c3)c2)CCCN1CC(=O)N1CCC[C@H]1CN1CCCC1. The lowest BCUT2D eigenvalue weighted by molar-refractivity contribution is -0.143. The van der Waals surface area contributed by atoms with Gasteiger partial charge in [-0.2, -0.15) is 4.72 Å². The summed E-state index contributed by atoms with van der Waals surface area (Å²) in [5.41, 5.74) is 1.52. The van der Waals surface area contributed by atoms with Crippen molar-refractivity contribution in [3.8, 4) is 11.1 Å². The third kappa shape index (κ3) is 6.22. The number of likely N-dealkylation sites (tertiary alicyclic amines) is 3. The van der Waals surface area contributed by atoms with Gasteiger partial charge in [0.25, 0.3) is 0 Å². The van der Waals surface area contributed by atoms with Crippen molar-refractivity contribution in [2.45, 2.75) is 55.5 Å². The van der Waals surface area contributed by atoms with E-state index in [9.17, 15) is 18.0 Å². The number of benzene rings is 2. The third-order valence-electron chi connectivity index (χ3n) is 7.82. The van der Waals surface area contributed by atoms with E-state index in [0.29, 0.717) is 30.0 Å². The molecule has 0 spiro atoms. The molecule has 0 unspecified atom stereocenters. The van der Waals surface area contributed by atoms with E-state index in [1.54, 1.807) is 24.3 Å². The van der Waals surface area contributed by atoms with E-state index in [1.807, 2.05) is 23.1 Å². The van der Waals surface area contributed by atoms with Gasteiger partial charge in [0.05, 0.1) is 11.4 Å². The Morgan fingerprint density at radius 3 is 2.39 bits per heavy atom. The summed E-state index contributed by atoms with van der Waals surface area (Å²) in [6.07, 6.45) is 5.43. The molecular weight excluding hydrogens is 524 g/mol. The van der Waals surface area contributed by atoms with Crippen LogP contribution in [0.2, 0.25) is 5.02 Å². The van der Waals surface area contributed by atoms with E-state index < -0.39 is 16.1 Å². The Kier molecular flexibility index (Phi) is 8.38. The highest BCUT2D eigenvalue weighted by Gasteiger charge is 2.36. The predicted molar refractivity (Wildman–Crippen MR) is 147 cm³/mol. The Morgan fingerprint density at radius 1 is 0.921 bits per heavy atom. The number of sulfonamides is 1. The van der Waals surface area contributed by atoms with Crippen LogP contribution >= 0.6 is 11.6 Å². The summed E-state index contributed by atoms with van der Waals surface area (Å²) in [5, 5.41) is 0.563. The number of amides is 2. The first-order chi connectivity index (χ1) is 18.3. The number of hydrogen-bond acceptors (Lipinski definition) is 5. The van der Waals surface area contributed by atoms with Crippen LogP contribution in [0.15, 0.2) is 53.4 Å². The van der Waals surface area contributed by atoms with Crippen LogP contribution in [0.3, 0.4) is 0 Å². The number of nitrogens with one attached hydrogen (secondary N) is 1. The van der Waals surface area contributed by atoms with Crippen molar-refractivity contribution in [3.05, 3.63) is 53.6 Å². The Labute approximate surface area is 230 Å². The van der Waals surface area contributed by atoms with E-state index in [1.165, 1.54) is 23.8 Å². The molecule has 0 saturated carbocycles. The number of piperidine rings is 1. The van der Waals surface area contributed by atoms with Crippen molar-refractivity contribution in [2.75, 3.05) is 39.3 Å². The molecule has 3 fully saturated rings. The van der Waals surface area contributed by atoms with Crippen molar-refractivity contribution < 1.29 is 18.0 Å². The minimum absolute atomic E-state index is 0.00217. The fraction of sp³-hybridized carbons (Fsp3) is 0.500. The lowest BCUT2D eigenvalue weighted by atomic mass is 10.1. The standard InChI is InChI=1S/C28H35ClN4O4S/c29-23-9-3-7-21(17-23)22-8-4-11-25(18-22)38(36,37)30-26-12-6-15-32(28(26)35)20-27(34)33-16-5-10-24(33)19-31-13-1-2-14-31/h3-4,7-9,11,17-18,24,26,30H,1-2,5-6,10,12-16,19-20H2/t24-,26-/m0/s1. The molecule has 2 atom stereocenters. The van der Waals surface area contributed by atoms with Crippen LogP contribution in [-0.4, -0.2) is 86.3 Å². The molecule has 2 aromatic carbocycles. The number of hydrogen-bond donors (Lipinski definition) is 1. The highest BCUT2D eigenvalue weighted by atomic mass is 35.5. The summed E-state index contributed by atoms with van der Waals surface area (Å²) in [5.74, 6) is -0.382. The van der Waals surface area contributed by atoms with Gasteiger partial charge in [-0.1, -0.05) is 35.9 Å². The van der Waals surface area contributed by atoms with Gasteiger partial charge in [-0.15, -0.1) is 0 Å². The van der Waals surface area contributed by atoms with Crippen molar-refractivity contribution >= 4 is 33.4 Å². The molecule has 3 aliphatic heterocycles. The second kappa shape index (κ2) is 11.7. The number of carbonyl (C=O) groups excluding carboxylic acids is 2. The quantitative estimate of drug-likeness (QED) is 0.536. The van der Waals surface area contributed by atoms with E-state index in [-0.39, 0.29) is 29.3 Å². The van der Waals surface area contributed by atoms with Crippen LogP contribution in [0.4, 0.5) is 0 Å². The first-order valence-electron chi connectivity index (χ1n) is 13.5. The topological polar surface area (TPSA) is 90.0 Å². The zero-order valence-corrected chi connectivity index (χ0v) is 23.1. The summed E-state index contributed by atoms with van der Waals surface area (Å²) >= 11 is 6.10. The van der Waals surface area contributed by atoms with Crippen molar-refractivity contribution in [1.29, 1.82) is 0 Å². The molecule has 0 aliphatic carbocycles. The average Bonchev–Trinajstić information content (AvgIpc) is 3.59. The Hall–Kier alpha value is -2.46. The molecule has 3 saturated heterocycles. The predicted octanol–water partition coefficient (Wildman–Crippen LogP) is 3.36. The van der Waals surface area contributed by atoms with E-state index >= 15 is 0 Å². The number of rotatable bonds is 8. The van der Waals surface area contributed by atoms with Crippen LogP contribution in [0, 0.1) is 0 Å². The van der Waals surface area contributed by atoms with Crippen molar-refractivity contribution in [2.24, 2.45) is 0 Å². The monoisotopic (exact) mass is 558 g/mol. The molecule has 0 bridgehead atoms. The van der Waals surface area contributed by atoms with Gasteiger partial charge in [-0.25, -0.2) is 8.42 Å². The molecular formula is C28H35ClN4O4S. The Morgan fingerprint density at radius 2 is 1.63 bits per heavy atom. The normalized spacial score (nSPS) is 22.8. The van der Waals surface area contributed by atoms with Gasteiger partial charge in [-0.05, 0) is 87.0 Å². The smallest absolute Gasteiger partial charge is 0.242 e. The number of carbonyl (C=O) groups is 2. The van der Waals surface area contributed by atoms with Gasteiger partial charge in [-0.3, -0.25) is 9.59 Å². The summed E-state index contributed by atoms with van der Waals surface area (Å²) in [7, 11) is -3.95. The summed E-state index contributed by atoms with van der Waals surface area (Å²) < 4.78 is 29.1. The lowest BCUT2D eigenvalue weighted by Gasteiger charge is -2.34. The summed E-state index contributed by atoms with van der Waals surface area (Å²) in [6.45, 7) is 4.25.